The summed E-state index contributed by atoms with van der Waals surface area (Å²) < 4.78 is 0. The summed E-state index contributed by atoms with van der Waals surface area (Å²) in [4.78, 5) is 24.4. The highest BCUT2D eigenvalue weighted by Crippen LogP contribution is 2.50. The van der Waals surface area contributed by atoms with Gasteiger partial charge >= 0.3 is 0 Å². The Hall–Kier alpha value is -0.960. The lowest BCUT2D eigenvalue weighted by Gasteiger charge is -2.42. The summed E-state index contributed by atoms with van der Waals surface area (Å²) in [7, 11) is 0. The molecule has 0 aromatic rings. The molecule has 1 unspecified atom stereocenters. The van der Waals surface area contributed by atoms with Crippen LogP contribution >= 0.6 is 0 Å². The quantitative estimate of drug-likeness (QED) is 0.820. The van der Waals surface area contributed by atoms with Gasteiger partial charge in [0.05, 0.1) is 6.10 Å². The number of hydrogen-bond donors (Lipinski definition) is 1. The van der Waals surface area contributed by atoms with Crippen molar-refractivity contribution in [3.63, 3.8) is 0 Å². The van der Waals surface area contributed by atoms with E-state index >= 15 is 0 Å². The second kappa shape index (κ2) is 7.11. The van der Waals surface area contributed by atoms with Crippen LogP contribution in [0.3, 0.4) is 0 Å². The van der Waals surface area contributed by atoms with Gasteiger partial charge in [-0.25, -0.2) is 0 Å². The normalized spacial score (nSPS) is 38.0. The molecule has 3 nitrogen and oxygen atoms in total. The number of fused-ring (bicyclic) bond motifs is 1. The van der Waals surface area contributed by atoms with Gasteiger partial charge in [-0.1, -0.05) is 25.8 Å². The van der Waals surface area contributed by atoms with Gasteiger partial charge in [-0.2, -0.15) is 0 Å². The van der Waals surface area contributed by atoms with E-state index in [9.17, 15) is 14.7 Å². The minimum absolute atomic E-state index is 0.229. The molecule has 1 N–H and O–H groups in total. The van der Waals surface area contributed by atoms with E-state index in [4.69, 9.17) is 0 Å². The Morgan fingerprint density at radius 3 is 2.67 bits per heavy atom. The Labute approximate surface area is 145 Å². The van der Waals surface area contributed by atoms with Gasteiger partial charge in [0, 0.05) is 18.3 Å². The summed E-state index contributed by atoms with van der Waals surface area (Å²) in [5, 5.41) is 11.1. The predicted octanol–water partition coefficient (Wildman–Crippen LogP) is 4.23. The van der Waals surface area contributed by atoms with Crippen molar-refractivity contribution in [2.75, 3.05) is 0 Å². The van der Waals surface area contributed by atoms with Crippen LogP contribution in [0.5, 0.6) is 0 Å². The van der Waals surface area contributed by atoms with Crippen LogP contribution < -0.4 is 0 Å². The molecule has 3 rings (SSSR count). The molecule has 3 heteroatoms. The first kappa shape index (κ1) is 17.8. The van der Waals surface area contributed by atoms with Crippen LogP contribution in [0.25, 0.3) is 0 Å². The van der Waals surface area contributed by atoms with Crippen LogP contribution in [0.2, 0.25) is 0 Å². The highest BCUT2D eigenvalue weighted by molar-refractivity contribution is 5.91. The average Bonchev–Trinajstić information content (AvgIpc) is 2.82. The average molecular weight is 332 g/mol. The van der Waals surface area contributed by atoms with Crippen molar-refractivity contribution < 1.29 is 14.7 Å². The fraction of sp³-hybridized carbons (Fsp3) is 0.810. The number of rotatable bonds is 5. The van der Waals surface area contributed by atoms with Crippen LogP contribution in [0.4, 0.5) is 0 Å². The van der Waals surface area contributed by atoms with Crippen LogP contribution in [-0.4, -0.2) is 22.8 Å². The molecule has 0 aliphatic heterocycles. The molecule has 0 amide bonds. The lowest BCUT2D eigenvalue weighted by atomic mass is 9.64. The Bertz CT molecular complexity index is 535. The van der Waals surface area contributed by atoms with Crippen molar-refractivity contribution in [3.05, 3.63) is 11.6 Å². The number of allylic oxidation sites excluding steroid dienone is 2. The van der Waals surface area contributed by atoms with E-state index in [0.29, 0.717) is 36.9 Å². The molecule has 0 heterocycles. The third-order valence-electron chi connectivity index (χ3n) is 7.11. The number of carbonyl (C=O) groups excluding carboxylic acids is 2. The lowest BCUT2D eigenvalue weighted by molar-refractivity contribution is -0.130. The van der Waals surface area contributed by atoms with E-state index < -0.39 is 6.10 Å². The van der Waals surface area contributed by atoms with Gasteiger partial charge in [0.25, 0.3) is 0 Å². The Morgan fingerprint density at radius 2 is 2.00 bits per heavy atom. The molecule has 0 radical (unpaired) electrons. The smallest absolute Gasteiger partial charge is 0.155 e. The summed E-state index contributed by atoms with van der Waals surface area (Å²) in [6.45, 7) is 4.33. The maximum atomic E-state index is 12.7. The van der Waals surface area contributed by atoms with E-state index in [1.807, 2.05) is 6.08 Å². The number of Topliss-reactive ketones (excluding diaryl/α,β-unsaturated/α-hetero) is 1. The van der Waals surface area contributed by atoms with Gasteiger partial charge in [0.1, 0.15) is 5.78 Å². The van der Waals surface area contributed by atoms with Crippen molar-refractivity contribution in [2.24, 2.45) is 23.2 Å². The van der Waals surface area contributed by atoms with Gasteiger partial charge in [0.2, 0.25) is 0 Å². The molecule has 5 atom stereocenters. The molecule has 134 valence electrons. The van der Waals surface area contributed by atoms with Crippen molar-refractivity contribution in [1.82, 2.24) is 0 Å². The van der Waals surface area contributed by atoms with Gasteiger partial charge < -0.3 is 5.11 Å². The summed E-state index contributed by atoms with van der Waals surface area (Å²) in [6, 6.07) is 0. The molecule has 24 heavy (non-hydrogen) atoms. The monoisotopic (exact) mass is 332 g/mol. The van der Waals surface area contributed by atoms with Crippen LogP contribution in [0.1, 0.15) is 78.1 Å². The molecule has 0 spiro atoms. The van der Waals surface area contributed by atoms with Crippen molar-refractivity contribution in [3.8, 4) is 0 Å². The zero-order valence-corrected chi connectivity index (χ0v) is 15.2. The molecular weight excluding hydrogens is 300 g/mol. The zero-order valence-electron chi connectivity index (χ0n) is 15.2. The van der Waals surface area contributed by atoms with E-state index in [1.54, 1.807) is 0 Å². The van der Waals surface area contributed by atoms with Crippen LogP contribution in [0, 0.1) is 23.2 Å². The lowest BCUT2D eigenvalue weighted by Crippen LogP contribution is -2.41. The van der Waals surface area contributed by atoms with E-state index in [1.165, 1.54) is 5.57 Å². The van der Waals surface area contributed by atoms with Gasteiger partial charge in [-0.3, -0.25) is 9.59 Å². The number of hydrogen-bond acceptors (Lipinski definition) is 3. The Kier molecular flexibility index (Phi) is 5.29. The summed E-state index contributed by atoms with van der Waals surface area (Å²) in [5.74, 6) is 1.59. The zero-order chi connectivity index (χ0) is 17.3. The Balaban J connectivity index is 1.78. The van der Waals surface area contributed by atoms with E-state index in [-0.39, 0.29) is 17.1 Å². The number of aliphatic hydroxyl groups is 1. The minimum atomic E-state index is -0.414. The molecule has 3 aliphatic rings. The fourth-order valence-electron chi connectivity index (χ4n) is 5.74. The molecule has 2 fully saturated rings. The molecule has 0 bridgehead atoms. The molecule has 0 aromatic carbocycles. The largest absolute Gasteiger partial charge is 0.393 e. The SMILES string of the molecule is CCC[C@@]1(CC(O)[C@H]2CCCC3=CC(=O)CC[C@@H]32)C(=O)CC[C@H]1C. The number of carbonyl (C=O) groups is 2. The summed E-state index contributed by atoms with van der Waals surface area (Å²) >= 11 is 0. The summed E-state index contributed by atoms with van der Waals surface area (Å²) in [6.07, 6.45) is 10.2. The van der Waals surface area contributed by atoms with Crippen molar-refractivity contribution in [2.45, 2.75) is 84.2 Å². The molecule has 3 aliphatic carbocycles. The van der Waals surface area contributed by atoms with Crippen LogP contribution in [0.15, 0.2) is 11.6 Å². The predicted molar refractivity (Wildman–Crippen MR) is 94.5 cm³/mol. The maximum Gasteiger partial charge on any atom is 0.155 e. The second-order valence-electron chi connectivity index (χ2n) is 8.43. The molecule has 2 saturated carbocycles. The first-order chi connectivity index (χ1) is 11.5. The number of ketones is 2. The maximum absolute atomic E-state index is 12.7. The first-order valence-corrected chi connectivity index (χ1v) is 9.92. The third kappa shape index (κ3) is 3.12. The van der Waals surface area contributed by atoms with Gasteiger partial charge in [-0.05, 0) is 68.8 Å². The van der Waals surface area contributed by atoms with Crippen molar-refractivity contribution >= 4 is 11.6 Å². The Morgan fingerprint density at radius 1 is 1.21 bits per heavy atom. The van der Waals surface area contributed by atoms with Crippen LogP contribution in [-0.2, 0) is 9.59 Å². The highest BCUT2D eigenvalue weighted by atomic mass is 16.3. The van der Waals surface area contributed by atoms with E-state index in [0.717, 1.165) is 44.9 Å². The summed E-state index contributed by atoms with van der Waals surface area (Å²) in [5.41, 5.74) is 0.955. The highest BCUT2D eigenvalue weighted by Gasteiger charge is 2.49. The van der Waals surface area contributed by atoms with E-state index in [2.05, 4.69) is 13.8 Å². The molecular formula is C21H32O3. The van der Waals surface area contributed by atoms with Gasteiger partial charge in [0.15, 0.2) is 5.78 Å². The first-order valence-electron chi connectivity index (χ1n) is 9.92. The van der Waals surface area contributed by atoms with Gasteiger partial charge in [-0.15, -0.1) is 0 Å². The molecule has 0 aromatic heterocycles. The van der Waals surface area contributed by atoms with Crippen molar-refractivity contribution in [1.29, 1.82) is 0 Å². The fourth-order valence-corrected chi connectivity index (χ4v) is 5.74. The standard InChI is InChI=1S/C21H32O3/c1-3-11-21(14(2)7-10-20(21)24)13-19(23)18-6-4-5-15-12-16(22)8-9-17(15)18/h12,14,17-19,23H,3-11,13H2,1-2H3/t14-,17+,18+,19?,21+/m1/s1. The second-order valence-corrected chi connectivity index (χ2v) is 8.43. The number of aliphatic hydroxyl groups excluding tert-OH is 1. The minimum Gasteiger partial charge on any atom is -0.393 e. The topological polar surface area (TPSA) is 54.4 Å². The molecule has 0 saturated heterocycles. The third-order valence-corrected chi connectivity index (χ3v) is 7.11.